The van der Waals surface area contributed by atoms with Crippen LogP contribution in [0.1, 0.15) is 44.1 Å². The van der Waals surface area contributed by atoms with Crippen LogP contribution in [0.4, 0.5) is 0 Å². The molecule has 0 heterocycles. The molecule has 0 amide bonds. The predicted molar refractivity (Wildman–Crippen MR) is 76.3 cm³/mol. The van der Waals surface area contributed by atoms with Crippen molar-refractivity contribution in [2.24, 2.45) is 0 Å². The van der Waals surface area contributed by atoms with E-state index in [0.717, 1.165) is 19.4 Å². The Balaban J connectivity index is 2.00. The van der Waals surface area contributed by atoms with E-state index in [0.29, 0.717) is 12.0 Å². The maximum absolute atomic E-state index is 11.0. The van der Waals surface area contributed by atoms with Crippen molar-refractivity contribution in [3.05, 3.63) is 35.9 Å². The number of rotatable bonds is 6. The fourth-order valence-corrected chi connectivity index (χ4v) is 3.02. The molecule has 1 saturated carbocycles. The van der Waals surface area contributed by atoms with Gasteiger partial charge in [0.2, 0.25) is 0 Å². The van der Waals surface area contributed by atoms with E-state index in [1.54, 1.807) is 0 Å². The van der Waals surface area contributed by atoms with Crippen molar-refractivity contribution in [3.8, 4) is 0 Å². The van der Waals surface area contributed by atoms with Crippen LogP contribution in [0.3, 0.4) is 0 Å². The molecular formula is C16H23NO2. The molecule has 0 aliphatic heterocycles. The molecule has 1 N–H and O–H groups in total. The molecule has 1 aliphatic carbocycles. The van der Waals surface area contributed by atoms with Crippen LogP contribution >= 0.6 is 0 Å². The maximum Gasteiger partial charge on any atom is 0.317 e. The molecule has 2 rings (SSSR count). The topological polar surface area (TPSA) is 40.5 Å². The lowest BCUT2D eigenvalue weighted by Gasteiger charge is -2.30. The highest BCUT2D eigenvalue weighted by Crippen LogP contribution is 2.26. The number of hydrogen-bond acceptors (Lipinski definition) is 2. The first-order chi connectivity index (χ1) is 9.16. The summed E-state index contributed by atoms with van der Waals surface area (Å²) in [5, 5.41) is 9.09. The van der Waals surface area contributed by atoms with Gasteiger partial charge in [0, 0.05) is 12.6 Å². The van der Waals surface area contributed by atoms with Gasteiger partial charge in [-0.15, -0.1) is 0 Å². The monoisotopic (exact) mass is 261 g/mol. The first kappa shape index (κ1) is 14.1. The lowest BCUT2D eigenvalue weighted by molar-refractivity contribution is -0.139. The highest BCUT2D eigenvalue weighted by atomic mass is 16.4. The predicted octanol–water partition coefficient (Wildman–Crippen LogP) is 3.12. The second kappa shape index (κ2) is 6.71. The maximum atomic E-state index is 11.0. The molecule has 0 radical (unpaired) electrons. The second-order valence-electron chi connectivity index (χ2n) is 5.57. The van der Waals surface area contributed by atoms with Gasteiger partial charge in [0.15, 0.2) is 0 Å². The van der Waals surface area contributed by atoms with Gasteiger partial charge in [-0.2, -0.15) is 0 Å². The summed E-state index contributed by atoms with van der Waals surface area (Å²) >= 11 is 0. The van der Waals surface area contributed by atoms with Gasteiger partial charge < -0.3 is 5.11 Å². The van der Waals surface area contributed by atoms with Gasteiger partial charge in [-0.25, -0.2) is 0 Å². The third-order valence-corrected chi connectivity index (χ3v) is 4.06. The number of benzene rings is 1. The van der Waals surface area contributed by atoms with Gasteiger partial charge in [-0.3, -0.25) is 9.69 Å². The summed E-state index contributed by atoms with van der Waals surface area (Å²) in [7, 11) is 0. The third kappa shape index (κ3) is 4.06. The van der Waals surface area contributed by atoms with Crippen molar-refractivity contribution in [1.29, 1.82) is 0 Å². The lowest BCUT2D eigenvalue weighted by Crippen LogP contribution is -2.39. The molecule has 0 bridgehead atoms. The summed E-state index contributed by atoms with van der Waals surface area (Å²) in [5.74, 6) is -0.340. The molecule has 3 heteroatoms. The van der Waals surface area contributed by atoms with Crippen molar-refractivity contribution in [2.75, 3.05) is 13.1 Å². The quantitative estimate of drug-likeness (QED) is 0.855. The summed E-state index contributed by atoms with van der Waals surface area (Å²) in [6.07, 6.45) is 4.77. The van der Waals surface area contributed by atoms with Crippen molar-refractivity contribution in [3.63, 3.8) is 0 Å². The van der Waals surface area contributed by atoms with Crippen LogP contribution < -0.4 is 0 Å². The standard InChI is InChI=1S/C16H23NO2/c1-13(14-7-3-2-4-8-14)11-17(12-16(18)19)15-9-5-6-10-15/h2-4,7-8,13,15H,5-6,9-12H2,1H3,(H,18,19). The number of carboxylic acid groups (broad SMARTS) is 1. The van der Waals surface area contributed by atoms with Gasteiger partial charge in [-0.1, -0.05) is 50.1 Å². The van der Waals surface area contributed by atoms with E-state index in [-0.39, 0.29) is 6.54 Å². The van der Waals surface area contributed by atoms with Gasteiger partial charge in [0.1, 0.15) is 0 Å². The lowest BCUT2D eigenvalue weighted by atomic mass is 9.99. The average molecular weight is 261 g/mol. The van der Waals surface area contributed by atoms with E-state index in [1.807, 2.05) is 18.2 Å². The second-order valence-corrected chi connectivity index (χ2v) is 5.57. The minimum atomic E-state index is -0.716. The number of nitrogens with zero attached hydrogens (tertiary/aromatic N) is 1. The van der Waals surface area contributed by atoms with E-state index in [1.165, 1.54) is 18.4 Å². The summed E-state index contributed by atoms with van der Waals surface area (Å²) in [6.45, 7) is 3.18. The van der Waals surface area contributed by atoms with Crippen molar-refractivity contribution in [2.45, 2.75) is 44.6 Å². The van der Waals surface area contributed by atoms with Crippen LogP contribution in [0, 0.1) is 0 Å². The Hall–Kier alpha value is -1.35. The number of aliphatic carboxylic acids is 1. The Morgan fingerprint density at radius 3 is 2.53 bits per heavy atom. The fraction of sp³-hybridized carbons (Fsp3) is 0.562. The Morgan fingerprint density at radius 1 is 1.32 bits per heavy atom. The molecule has 0 saturated heterocycles. The normalized spacial score (nSPS) is 17.8. The minimum Gasteiger partial charge on any atom is -0.480 e. The summed E-state index contributed by atoms with van der Waals surface area (Å²) < 4.78 is 0. The smallest absolute Gasteiger partial charge is 0.317 e. The van der Waals surface area contributed by atoms with Crippen LogP contribution in [0.5, 0.6) is 0 Å². The van der Waals surface area contributed by atoms with E-state index >= 15 is 0 Å². The molecule has 1 aliphatic rings. The molecule has 1 aromatic rings. The van der Waals surface area contributed by atoms with Gasteiger partial charge in [0.25, 0.3) is 0 Å². The molecular weight excluding hydrogens is 238 g/mol. The molecule has 0 spiro atoms. The van der Waals surface area contributed by atoms with Crippen LogP contribution in [-0.4, -0.2) is 35.1 Å². The molecule has 3 nitrogen and oxygen atoms in total. The fourth-order valence-electron chi connectivity index (χ4n) is 3.02. The Morgan fingerprint density at radius 2 is 1.95 bits per heavy atom. The number of carboxylic acids is 1. The first-order valence-electron chi connectivity index (χ1n) is 7.17. The molecule has 1 atom stereocenters. The van der Waals surface area contributed by atoms with Crippen molar-refractivity contribution >= 4 is 5.97 Å². The largest absolute Gasteiger partial charge is 0.480 e. The third-order valence-electron chi connectivity index (χ3n) is 4.06. The highest BCUT2D eigenvalue weighted by molar-refractivity contribution is 5.69. The van der Waals surface area contributed by atoms with E-state index < -0.39 is 5.97 Å². The molecule has 104 valence electrons. The van der Waals surface area contributed by atoms with Crippen LogP contribution in [0.15, 0.2) is 30.3 Å². The zero-order valence-corrected chi connectivity index (χ0v) is 11.6. The number of hydrogen-bond donors (Lipinski definition) is 1. The highest BCUT2D eigenvalue weighted by Gasteiger charge is 2.25. The molecule has 1 unspecified atom stereocenters. The zero-order chi connectivity index (χ0) is 13.7. The Bertz CT molecular complexity index is 398. The summed E-state index contributed by atoms with van der Waals surface area (Å²) in [5.41, 5.74) is 1.29. The summed E-state index contributed by atoms with van der Waals surface area (Å²) in [4.78, 5) is 13.2. The van der Waals surface area contributed by atoms with E-state index in [2.05, 4.69) is 24.0 Å². The summed E-state index contributed by atoms with van der Waals surface area (Å²) in [6, 6.07) is 10.8. The van der Waals surface area contributed by atoms with Crippen LogP contribution in [0.2, 0.25) is 0 Å². The van der Waals surface area contributed by atoms with E-state index in [4.69, 9.17) is 5.11 Å². The molecule has 19 heavy (non-hydrogen) atoms. The number of carbonyl (C=O) groups is 1. The van der Waals surface area contributed by atoms with Gasteiger partial charge >= 0.3 is 5.97 Å². The van der Waals surface area contributed by atoms with Crippen molar-refractivity contribution in [1.82, 2.24) is 4.90 Å². The van der Waals surface area contributed by atoms with Crippen molar-refractivity contribution < 1.29 is 9.90 Å². The Labute approximate surface area is 115 Å². The molecule has 1 aromatic carbocycles. The average Bonchev–Trinajstić information content (AvgIpc) is 2.92. The zero-order valence-electron chi connectivity index (χ0n) is 11.6. The minimum absolute atomic E-state index is 0.168. The molecule has 1 fully saturated rings. The van der Waals surface area contributed by atoms with Crippen LogP contribution in [0.25, 0.3) is 0 Å². The SMILES string of the molecule is CC(CN(CC(=O)O)C1CCCC1)c1ccccc1. The molecule has 0 aromatic heterocycles. The van der Waals surface area contributed by atoms with Gasteiger partial charge in [-0.05, 0) is 24.3 Å². The Kier molecular flexibility index (Phi) is 4.97. The van der Waals surface area contributed by atoms with Gasteiger partial charge in [0.05, 0.1) is 6.54 Å². The van der Waals surface area contributed by atoms with E-state index in [9.17, 15) is 4.79 Å². The van der Waals surface area contributed by atoms with Crippen LogP contribution in [-0.2, 0) is 4.79 Å². The first-order valence-corrected chi connectivity index (χ1v) is 7.17.